The Balaban J connectivity index is 1.02. The van der Waals surface area contributed by atoms with Gasteiger partial charge in [0.15, 0.2) is 0 Å². The Morgan fingerprint density at radius 2 is 1.02 bits per heavy atom. The van der Waals surface area contributed by atoms with E-state index in [0.29, 0.717) is 0 Å². The number of benzene rings is 3. The van der Waals surface area contributed by atoms with E-state index in [4.69, 9.17) is 20.2 Å². The maximum Gasteiger partial charge on any atom is 0.203 e. The topological polar surface area (TPSA) is 74.6 Å². The summed E-state index contributed by atoms with van der Waals surface area (Å²) in [6, 6.07) is 25.3. The van der Waals surface area contributed by atoms with Gasteiger partial charge in [-0.1, -0.05) is 60.7 Å². The van der Waals surface area contributed by atoms with Crippen molar-refractivity contribution in [3.05, 3.63) is 94.7 Å². The predicted molar refractivity (Wildman–Crippen MR) is 173 cm³/mol. The summed E-state index contributed by atoms with van der Waals surface area (Å²) in [5.74, 6) is 2.09. The van der Waals surface area contributed by atoms with Crippen LogP contribution in [-0.2, 0) is 0 Å². The van der Waals surface area contributed by atoms with E-state index in [1.807, 2.05) is 23.5 Å². The lowest BCUT2D eigenvalue weighted by Crippen LogP contribution is -2.11. The van der Waals surface area contributed by atoms with E-state index in [1.54, 1.807) is 22.7 Å². The van der Waals surface area contributed by atoms with Crippen molar-refractivity contribution >= 4 is 67.9 Å². The molecule has 0 bridgehead atoms. The van der Waals surface area contributed by atoms with E-state index < -0.39 is 0 Å². The summed E-state index contributed by atoms with van der Waals surface area (Å²) in [5.41, 5.74) is 15.0. The minimum absolute atomic E-state index is 0.790. The number of aromatic nitrogens is 2. The zero-order valence-corrected chi connectivity index (χ0v) is 24.6. The zero-order chi connectivity index (χ0) is 26.7. The highest BCUT2D eigenvalue weighted by Gasteiger charge is 2.17. The zero-order valence-electron chi connectivity index (χ0n) is 21.3. The van der Waals surface area contributed by atoms with Crippen molar-refractivity contribution in [1.29, 1.82) is 0 Å². The number of hydrazone groups is 2. The van der Waals surface area contributed by atoms with Gasteiger partial charge in [0.1, 0.15) is 0 Å². The highest BCUT2D eigenvalue weighted by molar-refractivity contribution is 7.99. The number of nitrogens with one attached hydrogen (secondary N) is 2. The summed E-state index contributed by atoms with van der Waals surface area (Å²) in [4.78, 5) is 12.1. The van der Waals surface area contributed by atoms with E-state index in [9.17, 15) is 0 Å². The van der Waals surface area contributed by atoms with E-state index in [0.717, 1.165) is 68.5 Å². The Hall–Kier alpha value is -3.44. The van der Waals surface area contributed by atoms with Gasteiger partial charge in [0.2, 0.25) is 10.3 Å². The standard InChI is InChI=1S/C30H24N6S4/c1-3-7-27-21(5-1)23(13-15-37-27)33-35-29-31-25(17-39-29)19-9-11-20(12-10-19)26-18-40-30(32-26)36-34-24-14-16-38-28-8-4-2-6-22(24)28/h1-12,17-18H,13-16H2,(H,31,35)(H,32,36)/b33-23+,34-24+. The average molecular weight is 597 g/mol. The average Bonchev–Trinajstić information content (AvgIpc) is 3.69. The molecule has 2 N–H and O–H groups in total. The summed E-state index contributed by atoms with van der Waals surface area (Å²) in [6.07, 6.45) is 1.89. The number of thioether (sulfide) groups is 2. The Kier molecular flexibility index (Phi) is 7.39. The molecule has 0 spiro atoms. The minimum Gasteiger partial charge on any atom is -0.252 e. The fourth-order valence-electron chi connectivity index (χ4n) is 4.64. The van der Waals surface area contributed by atoms with Gasteiger partial charge < -0.3 is 0 Å². The van der Waals surface area contributed by atoms with Gasteiger partial charge in [-0.2, -0.15) is 10.2 Å². The molecule has 0 radical (unpaired) electrons. The fraction of sp³-hybridized carbons (Fsp3) is 0.133. The molecule has 7 rings (SSSR count). The lowest BCUT2D eigenvalue weighted by atomic mass is 10.1. The molecule has 0 aliphatic carbocycles. The lowest BCUT2D eigenvalue weighted by molar-refractivity contribution is 1.18. The highest BCUT2D eigenvalue weighted by Crippen LogP contribution is 2.33. The predicted octanol–water partition coefficient (Wildman–Crippen LogP) is 8.56. The van der Waals surface area contributed by atoms with Crippen LogP contribution in [0.3, 0.4) is 0 Å². The monoisotopic (exact) mass is 596 g/mol. The van der Waals surface area contributed by atoms with Crippen molar-refractivity contribution in [3.8, 4) is 22.5 Å². The number of rotatable bonds is 6. The van der Waals surface area contributed by atoms with Crippen LogP contribution in [0.4, 0.5) is 10.3 Å². The van der Waals surface area contributed by atoms with Crippen LogP contribution in [0.25, 0.3) is 22.5 Å². The summed E-state index contributed by atoms with van der Waals surface area (Å²) in [6.45, 7) is 0. The quantitative estimate of drug-likeness (QED) is 0.191. The van der Waals surface area contributed by atoms with Gasteiger partial charge in [0.25, 0.3) is 0 Å². The molecule has 40 heavy (non-hydrogen) atoms. The second kappa shape index (κ2) is 11.6. The molecule has 0 saturated heterocycles. The number of hydrogen-bond donors (Lipinski definition) is 2. The second-order valence-corrected chi connectivity index (χ2v) is 13.2. The number of hydrogen-bond acceptors (Lipinski definition) is 10. The van der Waals surface area contributed by atoms with Gasteiger partial charge in [0, 0.05) is 67.2 Å². The van der Waals surface area contributed by atoms with Gasteiger partial charge in [-0.15, -0.1) is 46.2 Å². The molecule has 0 atom stereocenters. The van der Waals surface area contributed by atoms with Crippen LogP contribution < -0.4 is 10.9 Å². The molecule has 2 aliphatic rings. The molecule has 0 unspecified atom stereocenters. The maximum absolute atomic E-state index is 4.77. The Morgan fingerprint density at radius 1 is 0.575 bits per heavy atom. The molecule has 0 amide bonds. The van der Waals surface area contributed by atoms with Crippen LogP contribution in [0.5, 0.6) is 0 Å². The first-order valence-corrected chi connectivity index (χ1v) is 16.6. The molecule has 4 heterocycles. The van der Waals surface area contributed by atoms with Crippen LogP contribution >= 0.6 is 46.2 Å². The summed E-state index contributed by atoms with van der Waals surface area (Å²) in [5, 5.41) is 15.1. The number of anilines is 2. The normalized spacial score (nSPS) is 16.5. The van der Waals surface area contributed by atoms with Crippen molar-refractivity contribution in [3.63, 3.8) is 0 Å². The molecule has 5 aromatic rings. The molecule has 0 fully saturated rings. The number of thiazole rings is 2. The van der Waals surface area contributed by atoms with Crippen LogP contribution in [0.15, 0.2) is 104 Å². The molecule has 10 heteroatoms. The van der Waals surface area contributed by atoms with Crippen LogP contribution in [0.2, 0.25) is 0 Å². The van der Waals surface area contributed by atoms with E-state index >= 15 is 0 Å². The molecule has 0 saturated carbocycles. The van der Waals surface area contributed by atoms with Crippen molar-refractivity contribution in [2.75, 3.05) is 22.4 Å². The third kappa shape index (κ3) is 5.44. The molecule has 198 valence electrons. The summed E-state index contributed by atoms with van der Waals surface area (Å²) < 4.78 is 0. The van der Waals surface area contributed by atoms with Gasteiger partial charge in [-0.25, -0.2) is 9.97 Å². The van der Waals surface area contributed by atoms with Crippen LogP contribution in [0.1, 0.15) is 24.0 Å². The van der Waals surface area contributed by atoms with Crippen molar-refractivity contribution in [2.24, 2.45) is 10.2 Å². The molecule has 6 nitrogen and oxygen atoms in total. The smallest absolute Gasteiger partial charge is 0.203 e. The van der Waals surface area contributed by atoms with Gasteiger partial charge >= 0.3 is 0 Å². The molecule has 2 aliphatic heterocycles. The summed E-state index contributed by atoms with van der Waals surface area (Å²) >= 11 is 6.90. The Morgan fingerprint density at radius 3 is 1.50 bits per heavy atom. The van der Waals surface area contributed by atoms with Gasteiger partial charge in [-0.05, 0) is 12.1 Å². The van der Waals surface area contributed by atoms with Crippen molar-refractivity contribution < 1.29 is 0 Å². The van der Waals surface area contributed by atoms with Crippen molar-refractivity contribution in [1.82, 2.24) is 9.97 Å². The molecule has 2 aromatic heterocycles. The first-order chi connectivity index (χ1) is 19.8. The Bertz CT molecular complexity index is 1590. The summed E-state index contributed by atoms with van der Waals surface area (Å²) in [7, 11) is 0. The molecular weight excluding hydrogens is 573 g/mol. The third-order valence-electron chi connectivity index (χ3n) is 6.65. The Labute approximate surface area is 249 Å². The first-order valence-electron chi connectivity index (χ1n) is 12.9. The SMILES string of the molecule is c1ccc2c(c1)SCC/C2=N\Nc1nc(-c2ccc(-c3csc(N/N=C4\CCSc5ccccc54)n3)cc2)cs1. The number of fused-ring (bicyclic) bond motifs is 2. The third-order valence-corrected chi connectivity index (χ3v) is 10.3. The van der Waals surface area contributed by atoms with Crippen LogP contribution in [-0.4, -0.2) is 32.9 Å². The highest BCUT2D eigenvalue weighted by atomic mass is 32.2. The first kappa shape index (κ1) is 25.5. The van der Waals surface area contributed by atoms with Gasteiger partial charge in [-0.3, -0.25) is 10.9 Å². The largest absolute Gasteiger partial charge is 0.252 e. The van der Waals surface area contributed by atoms with Crippen molar-refractivity contribution in [2.45, 2.75) is 22.6 Å². The molecule has 3 aromatic carbocycles. The lowest BCUT2D eigenvalue weighted by Gasteiger charge is -2.16. The van der Waals surface area contributed by atoms with E-state index in [1.165, 1.54) is 20.9 Å². The molecular formula is C30H24N6S4. The van der Waals surface area contributed by atoms with Crippen LogP contribution in [0, 0.1) is 0 Å². The van der Waals surface area contributed by atoms with Gasteiger partial charge in [0.05, 0.1) is 22.8 Å². The van der Waals surface area contributed by atoms with E-state index in [2.05, 4.69) is 94.4 Å². The van der Waals surface area contributed by atoms with E-state index in [-0.39, 0.29) is 0 Å². The minimum atomic E-state index is 0.790. The number of nitrogens with zero attached hydrogens (tertiary/aromatic N) is 4. The second-order valence-electron chi connectivity index (χ2n) is 9.18. The maximum atomic E-state index is 4.77. The fourth-order valence-corrected chi connectivity index (χ4v) is 8.02.